The Morgan fingerprint density at radius 1 is 0.562 bits per heavy atom. The van der Waals surface area contributed by atoms with E-state index < -0.39 is 22.7 Å². The quantitative estimate of drug-likeness (QED) is 0.0532. The van der Waals surface area contributed by atoms with Crippen LogP contribution >= 0.6 is 0 Å². The van der Waals surface area contributed by atoms with E-state index in [-0.39, 0.29) is 28.8 Å². The van der Waals surface area contributed by atoms with Gasteiger partial charge in [0.1, 0.15) is 5.60 Å². The number of amides is 1. The van der Waals surface area contributed by atoms with Gasteiger partial charge in [-0.1, -0.05) is 41.5 Å². The van der Waals surface area contributed by atoms with Crippen molar-refractivity contribution < 1.29 is 56.4 Å². The number of nitrogens with one attached hydrogen (secondary N) is 2. The molecule has 0 fully saturated rings. The van der Waals surface area contributed by atoms with E-state index in [1.807, 2.05) is 59.7 Å². The number of hydrogen-bond donors (Lipinski definition) is 3. The van der Waals surface area contributed by atoms with Crippen LogP contribution in [0.2, 0.25) is 0 Å². The minimum absolute atomic E-state index is 0.0756. The van der Waals surface area contributed by atoms with Crippen molar-refractivity contribution in [1.82, 2.24) is 25.0 Å². The molecular weight excluding hydrogens is 957 g/mol. The van der Waals surface area contributed by atoms with E-state index in [0.717, 1.165) is 42.4 Å². The average molecular weight is 1050 g/mol. The summed E-state index contributed by atoms with van der Waals surface area (Å²) in [6, 6.07) is 5.93. The molecule has 0 spiro atoms. The number of nitrogens with zero attached hydrogens (tertiary/aromatic N) is 3. The summed E-state index contributed by atoms with van der Waals surface area (Å²) in [5.74, 6) is 4.28. The first-order valence-electron chi connectivity index (χ1n) is 25.3. The van der Waals surface area contributed by atoms with E-state index in [9.17, 15) is 9.00 Å². The standard InChI is InChI=1S/C20H34N2O5.C19H34N2O4S.C15H26N2O3/c1-14(2)16(22-19(23)27-20(3,4)5)11-15-12-17(18(25-7)21-13-15)26-10-8-9-24-6;1-14(2)16(21-26(22)19(3,4)5)11-15-12-17(18(24-7)20-13-15)25-10-8-9-23-6;1-11(2)13(16)8-12-9-14(15(19-4)17-10-12)20-7-5-6-18-3/h12-14,16H,8-11H2,1-7H3,(H,22,23);12-14,16,21H,8-11H2,1-7H3;9-11,13H,5-8,16H2,1-4H3/t16-;16-,26+;13-/m000/s1. The number of pyridine rings is 3. The van der Waals surface area contributed by atoms with Gasteiger partial charge in [0.15, 0.2) is 17.2 Å². The molecule has 18 nitrogen and oxygen atoms in total. The zero-order valence-electron chi connectivity index (χ0n) is 47.6. The van der Waals surface area contributed by atoms with Gasteiger partial charge >= 0.3 is 6.09 Å². The second-order valence-electron chi connectivity index (χ2n) is 20.5. The van der Waals surface area contributed by atoms with Crippen molar-refractivity contribution in [3.05, 3.63) is 53.5 Å². The Kier molecular flexibility index (Phi) is 32.4. The van der Waals surface area contributed by atoms with E-state index >= 15 is 0 Å². The monoisotopic (exact) mass is 1050 g/mol. The molecule has 3 aromatic rings. The zero-order valence-corrected chi connectivity index (χ0v) is 48.5. The highest BCUT2D eigenvalue weighted by Gasteiger charge is 2.26. The van der Waals surface area contributed by atoms with E-state index in [1.165, 1.54) is 0 Å². The van der Waals surface area contributed by atoms with Gasteiger partial charge in [-0.25, -0.2) is 28.7 Å². The number of rotatable bonds is 30. The first-order valence-corrected chi connectivity index (χ1v) is 26.4. The summed E-state index contributed by atoms with van der Waals surface area (Å²) < 4.78 is 68.9. The highest BCUT2D eigenvalue weighted by molar-refractivity contribution is 7.84. The maximum Gasteiger partial charge on any atom is 0.407 e. The van der Waals surface area contributed by atoms with Crippen LogP contribution in [-0.2, 0) is 49.2 Å². The molecule has 3 heterocycles. The van der Waals surface area contributed by atoms with Crippen LogP contribution in [0.25, 0.3) is 0 Å². The van der Waals surface area contributed by atoms with Gasteiger partial charge in [-0.15, -0.1) is 0 Å². The van der Waals surface area contributed by atoms with E-state index in [1.54, 1.807) is 61.2 Å². The third-order valence-corrected chi connectivity index (χ3v) is 12.5. The highest BCUT2D eigenvalue weighted by Crippen LogP contribution is 2.29. The molecule has 4 atom stereocenters. The molecule has 0 aliphatic heterocycles. The lowest BCUT2D eigenvalue weighted by atomic mass is 9.97. The molecule has 0 radical (unpaired) electrons. The number of nitrogens with two attached hydrogens (primary N) is 1. The van der Waals surface area contributed by atoms with E-state index in [2.05, 4.69) is 66.5 Å². The first-order chi connectivity index (χ1) is 34.4. The molecule has 19 heteroatoms. The van der Waals surface area contributed by atoms with Crippen LogP contribution in [0.4, 0.5) is 4.79 Å². The smallest absolute Gasteiger partial charge is 0.407 e. The molecule has 0 aliphatic carbocycles. The van der Waals surface area contributed by atoms with Crippen LogP contribution in [0.5, 0.6) is 34.9 Å². The van der Waals surface area contributed by atoms with Gasteiger partial charge in [0.25, 0.3) is 17.6 Å². The van der Waals surface area contributed by atoms with Crippen LogP contribution in [0.15, 0.2) is 36.8 Å². The highest BCUT2D eigenvalue weighted by atomic mass is 32.2. The van der Waals surface area contributed by atoms with Gasteiger partial charge in [0, 0.05) is 97.1 Å². The number of carbonyl (C=O) groups is 1. The summed E-state index contributed by atoms with van der Waals surface area (Å²) in [5, 5.41) is 2.95. The second kappa shape index (κ2) is 35.6. The summed E-state index contributed by atoms with van der Waals surface area (Å²) in [7, 11) is 8.61. The number of methoxy groups -OCH3 is 6. The fourth-order valence-corrected chi connectivity index (χ4v) is 7.32. The van der Waals surface area contributed by atoms with Gasteiger partial charge in [0.05, 0.1) is 56.9 Å². The van der Waals surface area contributed by atoms with Gasteiger partial charge < -0.3 is 58.4 Å². The van der Waals surface area contributed by atoms with Crippen LogP contribution in [0.3, 0.4) is 0 Å². The lowest BCUT2D eigenvalue weighted by Gasteiger charge is -2.27. The molecule has 0 saturated heterocycles. The average Bonchev–Trinajstić information content (AvgIpc) is 3.32. The van der Waals surface area contributed by atoms with Crippen LogP contribution in [-0.4, -0.2) is 136 Å². The molecule has 0 saturated carbocycles. The van der Waals surface area contributed by atoms with Crippen molar-refractivity contribution in [2.24, 2.45) is 23.5 Å². The SMILES string of the molecule is COCCCOc1cc(C[C@H](N)C(C)C)cnc1OC.COCCCOc1cc(C[C@H](NC(=O)OC(C)(C)C)C(C)C)cnc1OC.COCCCOc1cc(C[C@H](N[S@](=O)C(C)(C)C)C(C)C)cnc1OC. The lowest BCUT2D eigenvalue weighted by Crippen LogP contribution is -2.43. The van der Waals surface area contributed by atoms with Gasteiger partial charge in [-0.3, -0.25) is 0 Å². The van der Waals surface area contributed by atoms with Crippen molar-refractivity contribution in [3.8, 4) is 34.9 Å². The predicted octanol–water partition coefficient (Wildman–Crippen LogP) is 8.75. The maximum atomic E-state index is 12.5. The summed E-state index contributed by atoms with van der Waals surface area (Å²) >= 11 is 0. The topological polar surface area (TPSA) is 215 Å². The summed E-state index contributed by atoms with van der Waals surface area (Å²) in [6.45, 7) is 27.6. The van der Waals surface area contributed by atoms with Gasteiger partial charge in [-0.2, -0.15) is 0 Å². The Labute approximate surface area is 441 Å². The molecule has 0 aliphatic rings. The third-order valence-electron chi connectivity index (χ3n) is 10.8. The largest absolute Gasteiger partial charge is 0.488 e. The van der Waals surface area contributed by atoms with E-state index in [4.69, 9.17) is 53.1 Å². The number of carbonyl (C=O) groups excluding carboxylic acids is 1. The maximum absolute atomic E-state index is 12.5. The first kappa shape index (κ1) is 66.5. The molecule has 3 aromatic heterocycles. The Bertz CT molecular complexity index is 2000. The van der Waals surface area contributed by atoms with Crippen LogP contribution in [0.1, 0.15) is 119 Å². The third kappa shape index (κ3) is 28.1. The van der Waals surface area contributed by atoms with Crippen LogP contribution in [0, 0.1) is 17.8 Å². The molecule has 0 unspecified atom stereocenters. The van der Waals surface area contributed by atoms with Crippen molar-refractivity contribution in [2.45, 2.75) is 150 Å². The van der Waals surface area contributed by atoms with Crippen molar-refractivity contribution in [3.63, 3.8) is 0 Å². The summed E-state index contributed by atoms with van der Waals surface area (Å²) in [4.78, 5) is 25.1. The number of hydrogen-bond acceptors (Lipinski definition) is 16. The van der Waals surface area contributed by atoms with E-state index in [0.29, 0.717) is 99.2 Å². The minimum atomic E-state index is -1.12. The molecule has 3 rings (SSSR count). The Morgan fingerprint density at radius 2 is 0.918 bits per heavy atom. The fourth-order valence-electron chi connectivity index (χ4n) is 6.33. The lowest BCUT2D eigenvalue weighted by molar-refractivity contribution is 0.0490. The van der Waals surface area contributed by atoms with Gasteiger partial charge in [0.2, 0.25) is 0 Å². The minimum Gasteiger partial charge on any atom is -0.488 e. The predicted molar refractivity (Wildman–Crippen MR) is 290 cm³/mol. The second-order valence-corrected chi connectivity index (χ2v) is 22.5. The molecule has 73 heavy (non-hydrogen) atoms. The summed E-state index contributed by atoms with van der Waals surface area (Å²) in [6.07, 6.45) is 9.42. The Balaban J connectivity index is 0.000000554. The Hall–Kier alpha value is -4.53. The summed E-state index contributed by atoms with van der Waals surface area (Å²) in [5.41, 5.74) is 8.59. The molecule has 1 amide bonds. The Morgan fingerprint density at radius 3 is 1.22 bits per heavy atom. The van der Waals surface area contributed by atoms with Gasteiger partial charge in [-0.05, 0) is 113 Å². The van der Waals surface area contributed by atoms with Crippen molar-refractivity contribution in [1.29, 1.82) is 0 Å². The number of aromatic nitrogens is 3. The molecule has 418 valence electrons. The van der Waals surface area contributed by atoms with Crippen LogP contribution < -0.4 is 44.2 Å². The normalized spacial score (nSPS) is 13.2. The number of ether oxygens (including phenoxy) is 10. The molecule has 0 bridgehead atoms. The molecule has 0 aromatic carbocycles. The fraction of sp³-hybridized carbons (Fsp3) is 0.704. The van der Waals surface area contributed by atoms with Crippen molar-refractivity contribution in [2.75, 3.05) is 82.3 Å². The molecular formula is C54H94N6O12S. The number of alkyl carbamates (subject to hydrolysis) is 1. The zero-order chi connectivity index (χ0) is 55.1. The molecule has 4 N–H and O–H groups in total. The van der Waals surface area contributed by atoms with Crippen molar-refractivity contribution >= 4 is 17.1 Å².